The monoisotopic (exact) mass is 514 g/mol. The summed E-state index contributed by atoms with van der Waals surface area (Å²) in [7, 11) is -2.81. The van der Waals surface area contributed by atoms with Crippen LogP contribution < -0.4 is 9.47 Å². The van der Waals surface area contributed by atoms with Gasteiger partial charge >= 0.3 is 12.3 Å². The topological polar surface area (TPSA) is 78.9 Å². The molecule has 0 amide bonds. The van der Waals surface area contributed by atoms with Crippen LogP contribution in [0.15, 0.2) is 63.0 Å². The molecular formula is C23H21F3O6S2. The van der Waals surface area contributed by atoms with Crippen LogP contribution in [0.5, 0.6) is 11.5 Å². The van der Waals surface area contributed by atoms with Gasteiger partial charge in [0.2, 0.25) is 9.84 Å². The van der Waals surface area contributed by atoms with Gasteiger partial charge in [-0.05, 0) is 59.3 Å². The van der Waals surface area contributed by atoms with E-state index >= 15 is 0 Å². The third kappa shape index (κ3) is 6.29. The molecule has 0 saturated heterocycles. The summed E-state index contributed by atoms with van der Waals surface area (Å²) in [6.45, 7) is 2.26. The van der Waals surface area contributed by atoms with Gasteiger partial charge < -0.3 is 14.2 Å². The van der Waals surface area contributed by atoms with E-state index in [-0.39, 0.29) is 15.5 Å². The quantitative estimate of drug-likeness (QED) is 0.344. The molecule has 6 nitrogen and oxygen atoms in total. The number of methoxy groups -OCH3 is 1. The van der Waals surface area contributed by atoms with Gasteiger partial charge in [-0.25, -0.2) is 8.42 Å². The summed E-state index contributed by atoms with van der Waals surface area (Å²) in [5, 5.41) is 1.58. The van der Waals surface area contributed by atoms with Crippen molar-refractivity contribution in [2.24, 2.45) is 0 Å². The molecule has 0 spiro atoms. The average Bonchev–Trinajstić information content (AvgIpc) is 3.28. The van der Waals surface area contributed by atoms with Gasteiger partial charge in [0.1, 0.15) is 15.7 Å². The van der Waals surface area contributed by atoms with E-state index in [9.17, 15) is 26.4 Å². The highest BCUT2D eigenvalue weighted by atomic mass is 32.2. The van der Waals surface area contributed by atoms with E-state index in [0.29, 0.717) is 35.5 Å². The zero-order valence-electron chi connectivity index (χ0n) is 18.2. The highest BCUT2D eigenvalue weighted by Gasteiger charge is 2.31. The number of ether oxygens (including phenoxy) is 3. The van der Waals surface area contributed by atoms with Crippen molar-refractivity contribution >= 4 is 27.1 Å². The predicted octanol–water partition coefficient (Wildman–Crippen LogP) is 5.65. The Morgan fingerprint density at radius 1 is 1.03 bits per heavy atom. The molecule has 2 aromatic carbocycles. The van der Waals surface area contributed by atoms with E-state index in [1.165, 1.54) is 31.4 Å². The molecule has 182 valence electrons. The summed E-state index contributed by atoms with van der Waals surface area (Å²) in [4.78, 5) is 11.7. The number of benzene rings is 2. The number of carbonyl (C=O) groups excluding carboxylic acids is 1. The van der Waals surface area contributed by atoms with Crippen molar-refractivity contribution in [2.45, 2.75) is 35.2 Å². The first-order valence-electron chi connectivity index (χ1n) is 10.1. The second kappa shape index (κ2) is 10.5. The lowest BCUT2D eigenvalue weighted by Crippen LogP contribution is -2.16. The highest BCUT2D eigenvalue weighted by Crippen LogP contribution is 2.38. The molecule has 0 aliphatic carbocycles. The molecule has 34 heavy (non-hydrogen) atoms. The fourth-order valence-electron chi connectivity index (χ4n) is 3.09. The molecule has 0 atom stereocenters. The number of alkyl halides is 3. The van der Waals surface area contributed by atoms with E-state index in [4.69, 9.17) is 4.74 Å². The summed E-state index contributed by atoms with van der Waals surface area (Å²) in [6, 6.07) is 10.9. The summed E-state index contributed by atoms with van der Waals surface area (Å²) in [5.41, 5.74) is 1.14. The van der Waals surface area contributed by atoms with Crippen LogP contribution in [0.25, 0.3) is 11.1 Å². The standard InChI is InChI=1S/C23H21F3O6S2/c1-3-9-31-18-11-15(13-21(27)30-2)12-19(14-18)34(28,29)22-20(8-10-33-22)16-4-6-17(7-5-16)32-23(24,25)26/h4-8,10-12,14H,3,9,13H2,1-2H3. The predicted molar refractivity (Wildman–Crippen MR) is 120 cm³/mol. The van der Waals surface area contributed by atoms with Crippen molar-refractivity contribution in [2.75, 3.05) is 13.7 Å². The van der Waals surface area contributed by atoms with Gasteiger partial charge in [-0.2, -0.15) is 0 Å². The number of esters is 1. The minimum absolute atomic E-state index is 0.00801. The summed E-state index contributed by atoms with van der Waals surface area (Å²) in [6.07, 6.45) is -4.27. The molecule has 1 heterocycles. The number of halogens is 3. The zero-order chi connectivity index (χ0) is 24.9. The van der Waals surface area contributed by atoms with Gasteiger partial charge in [-0.15, -0.1) is 24.5 Å². The van der Waals surface area contributed by atoms with Crippen molar-refractivity contribution in [3.8, 4) is 22.6 Å². The van der Waals surface area contributed by atoms with E-state index in [2.05, 4.69) is 9.47 Å². The van der Waals surface area contributed by atoms with Gasteiger partial charge in [-0.1, -0.05) is 19.1 Å². The maximum absolute atomic E-state index is 13.5. The fourth-order valence-corrected chi connectivity index (χ4v) is 5.96. The molecular weight excluding hydrogens is 493 g/mol. The Kier molecular flexibility index (Phi) is 7.88. The first-order valence-corrected chi connectivity index (χ1v) is 12.4. The molecule has 0 aliphatic rings. The smallest absolute Gasteiger partial charge is 0.494 e. The van der Waals surface area contributed by atoms with Gasteiger partial charge in [0.05, 0.1) is 25.0 Å². The summed E-state index contributed by atoms with van der Waals surface area (Å²) < 4.78 is 78.5. The van der Waals surface area contributed by atoms with Crippen molar-refractivity contribution in [1.29, 1.82) is 0 Å². The molecule has 0 N–H and O–H groups in total. The number of carbonyl (C=O) groups is 1. The summed E-state index contributed by atoms with van der Waals surface area (Å²) in [5.74, 6) is -0.647. The van der Waals surface area contributed by atoms with E-state index in [0.717, 1.165) is 23.5 Å². The Labute approximate surface area is 198 Å². The first kappa shape index (κ1) is 25.6. The van der Waals surface area contributed by atoms with Crippen LogP contribution in [0, 0.1) is 0 Å². The first-order chi connectivity index (χ1) is 16.0. The van der Waals surface area contributed by atoms with Crippen LogP contribution in [0.1, 0.15) is 18.9 Å². The van der Waals surface area contributed by atoms with Crippen molar-refractivity contribution < 1.29 is 40.6 Å². The Morgan fingerprint density at radius 2 is 1.74 bits per heavy atom. The fraction of sp³-hybridized carbons (Fsp3) is 0.261. The lowest BCUT2D eigenvalue weighted by atomic mass is 10.1. The van der Waals surface area contributed by atoms with E-state index in [1.807, 2.05) is 6.92 Å². The Balaban J connectivity index is 2.01. The minimum atomic E-state index is -4.83. The van der Waals surface area contributed by atoms with Crippen LogP contribution >= 0.6 is 11.3 Å². The SMILES string of the molecule is CCCOc1cc(CC(=O)OC)cc(S(=O)(=O)c2sccc2-c2ccc(OC(F)(F)F)cc2)c1. The Bertz CT molecular complexity index is 1250. The maximum atomic E-state index is 13.5. The number of hydrogen-bond donors (Lipinski definition) is 0. The van der Waals surface area contributed by atoms with Gasteiger partial charge in [-0.3, -0.25) is 4.79 Å². The molecule has 11 heteroatoms. The molecule has 0 aliphatic heterocycles. The molecule has 3 rings (SSSR count). The van der Waals surface area contributed by atoms with E-state index in [1.54, 1.807) is 17.5 Å². The maximum Gasteiger partial charge on any atom is 0.573 e. The van der Waals surface area contributed by atoms with Crippen molar-refractivity contribution in [3.63, 3.8) is 0 Å². The normalized spacial score (nSPS) is 11.8. The molecule has 0 bridgehead atoms. The Morgan fingerprint density at radius 3 is 2.35 bits per heavy atom. The third-order valence-corrected chi connectivity index (χ3v) is 7.79. The second-order valence-electron chi connectivity index (χ2n) is 7.11. The molecule has 1 aromatic heterocycles. The van der Waals surface area contributed by atoms with Crippen molar-refractivity contribution in [1.82, 2.24) is 0 Å². The van der Waals surface area contributed by atoms with Crippen LogP contribution in [0.4, 0.5) is 13.2 Å². The Hall–Kier alpha value is -3.05. The number of thiophene rings is 1. The number of rotatable bonds is 9. The molecule has 0 fully saturated rings. The van der Waals surface area contributed by atoms with Gasteiger partial charge in [0.25, 0.3) is 0 Å². The van der Waals surface area contributed by atoms with Gasteiger partial charge in [0, 0.05) is 5.56 Å². The molecule has 0 unspecified atom stereocenters. The van der Waals surface area contributed by atoms with Gasteiger partial charge in [0.15, 0.2) is 0 Å². The van der Waals surface area contributed by atoms with Crippen LogP contribution in [0.2, 0.25) is 0 Å². The van der Waals surface area contributed by atoms with E-state index < -0.39 is 27.9 Å². The van der Waals surface area contributed by atoms with Crippen LogP contribution in [-0.4, -0.2) is 34.5 Å². The molecule has 3 aromatic rings. The van der Waals surface area contributed by atoms with Crippen molar-refractivity contribution in [3.05, 3.63) is 59.5 Å². The van der Waals surface area contributed by atoms with Crippen LogP contribution in [0.3, 0.4) is 0 Å². The zero-order valence-corrected chi connectivity index (χ0v) is 19.9. The largest absolute Gasteiger partial charge is 0.573 e. The second-order valence-corrected chi connectivity index (χ2v) is 10.2. The lowest BCUT2D eigenvalue weighted by molar-refractivity contribution is -0.274. The minimum Gasteiger partial charge on any atom is -0.494 e. The number of sulfone groups is 1. The lowest BCUT2D eigenvalue weighted by Gasteiger charge is -2.12. The highest BCUT2D eigenvalue weighted by molar-refractivity contribution is 7.93. The average molecular weight is 515 g/mol. The summed E-state index contributed by atoms with van der Waals surface area (Å²) >= 11 is 0.977. The molecule has 0 saturated carbocycles. The van der Waals surface area contributed by atoms with Crippen LogP contribution in [-0.2, 0) is 25.8 Å². The molecule has 0 radical (unpaired) electrons. The third-order valence-electron chi connectivity index (χ3n) is 4.57. The number of hydrogen-bond acceptors (Lipinski definition) is 7.